The molecule has 0 radical (unpaired) electrons. The number of carbonyl (C=O) groups is 1. The van der Waals surface area contributed by atoms with Crippen molar-refractivity contribution >= 4 is 28.8 Å². The quantitative estimate of drug-likeness (QED) is 0.591. The zero-order valence-corrected chi connectivity index (χ0v) is 12.3. The molecule has 104 valence electrons. The van der Waals surface area contributed by atoms with Gasteiger partial charge in [0.1, 0.15) is 0 Å². The number of nitrogens with two attached hydrogens (primary N) is 1. The van der Waals surface area contributed by atoms with Crippen LogP contribution in [0.4, 0.5) is 5.69 Å². The summed E-state index contributed by atoms with van der Waals surface area (Å²) >= 11 is 4.79. The van der Waals surface area contributed by atoms with E-state index in [2.05, 4.69) is 5.32 Å². The normalized spacial score (nSPS) is 10.0. The third-order valence-corrected chi connectivity index (χ3v) is 2.99. The first kappa shape index (κ1) is 15.4. The Morgan fingerprint density at radius 3 is 2.42 bits per heavy atom. The van der Waals surface area contributed by atoms with E-state index in [1.54, 1.807) is 0 Å². The van der Waals surface area contributed by atoms with Crippen molar-refractivity contribution in [1.29, 1.82) is 0 Å². The predicted molar refractivity (Wildman–Crippen MR) is 83.7 cm³/mol. The minimum atomic E-state index is -0.0411. The van der Waals surface area contributed by atoms with Crippen LogP contribution in [0.1, 0.15) is 29.6 Å². The molecule has 1 aromatic carbocycles. The molecule has 0 fully saturated rings. The number of thiocarbonyl (C=S) groups is 1. The number of nitrogens with one attached hydrogen (secondary N) is 1. The lowest BCUT2D eigenvalue weighted by molar-refractivity contribution is 0.0953. The number of benzene rings is 1. The lowest BCUT2D eigenvalue weighted by Crippen LogP contribution is -2.24. The van der Waals surface area contributed by atoms with Crippen molar-refractivity contribution in [3.05, 3.63) is 29.8 Å². The van der Waals surface area contributed by atoms with Crippen LogP contribution < -0.4 is 16.0 Å². The van der Waals surface area contributed by atoms with E-state index in [0.717, 1.165) is 24.9 Å². The van der Waals surface area contributed by atoms with Gasteiger partial charge in [-0.05, 0) is 43.5 Å². The highest BCUT2D eigenvalue weighted by atomic mass is 32.1. The SMILES string of the molecule is CN(C)c1ccc(C(=O)NCCCCC(N)=S)cc1. The van der Waals surface area contributed by atoms with Gasteiger partial charge in [0.05, 0.1) is 4.99 Å². The van der Waals surface area contributed by atoms with Gasteiger partial charge in [-0.3, -0.25) is 4.79 Å². The van der Waals surface area contributed by atoms with Crippen LogP contribution in [-0.4, -0.2) is 31.5 Å². The van der Waals surface area contributed by atoms with Crippen molar-refractivity contribution in [2.45, 2.75) is 19.3 Å². The fourth-order valence-corrected chi connectivity index (χ4v) is 1.78. The molecule has 0 saturated heterocycles. The molecule has 0 unspecified atom stereocenters. The third kappa shape index (κ3) is 5.70. The van der Waals surface area contributed by atoms with Crippen molar-refractivity contribution in [2.75, 3.05) is 25.5 Å². The molecule has 0 aliphatic rings. The van der Waals surface area contributed by atoms with Crippen molar-refractivity contribution in [2.24, 2.45) is 5.73 Å². The van der Waals surface area contributed by atoms with E-state index in [-0.39, 0.29) is 5.91 Å². The molecule has 1 amide bonds. The largest absolute Gasteiger partial charge is 0.393 e. The molecule has 0 aliphatic heterocycles. The lowest BCUT2D eigenvalue weighted by Gasteiger charge is -2.12. The van der Waals surface area contributed by atoms with Crippen LogP contribution in [-0.2, 0) is 0 Å². The minimum absolute atomic E-state index is 0.0411. The highest BCUT2D eigenvalue weighted by molar-refractivity contribution is 7.80. The fraction of sp³-hybridized carbons (Fsp3) is 0.429. The summed E-state index contributed by atoms with van der Waals surface area (Å²) in [4.78, 5) is 14.4. The third-order valence-electron chi connectivity index (χ3n) is 2.78. The van der Waals surface area contributed by atoms with Gasteiger partial charge in [-0.2, -0.15) is 0 Å². The van der Waals surface area contributed by atoms with Crippen molar-refractivity contribution < 1.29 is 4.79 Å². The summed E-state index contributed by atoms with van der Waals surface area (Å²) in [6.07, 6.45) is 2.54. The monoisotopic (exact) mass is 279 g/mol. The molecule has 0 aromatic heterocycles. The maximum absolute atomic E-state index is 11.8. The van der Waals surface area contributed by atoms with Crippen LogP contribution in [0.2, 0.25) is 0 Å². The van der Waals surface area contributed by atoms with E-state index in [4.69, 9.17) is 18.0 Å². The highest BCUT2D eigenvalue weighted by Crippen LogP contribution is 2.12. The Morgan fingerprint density at radius 2 is 1.89 bits per heavy atom. The Balaban J connectivity index is 2.35. The van der Waals surface area contributed by atoms with Gasteiger partial charge < -0.3 is 16.0 Å². The Bertz CT molecular complexity index is 429. The maximum Gasteiger partial charge on any atom is 0.251 e. The Kier molecular flexibility index (Phi) is 6.29. The molecule has 0 bridgehead atoms. The van der Waals surface area contributed by atoms with E-state index >= 15 is 0 Å². The number of anilines is 1. The van der Waals surface area contributed by atoms with Gasteiger partial charge in [-0.15, -0.1) is 0 Å². The summed E-state index contributed by atoms with van der Waals surface area (Å²) in [6, 6.07) is 7.53. The van der Waals surface area contributed by atoms with E-state index in [9.17, 15) is 4.79 Å². The average Bonchev–Trinajstić information content (AvgIpc) is 2.37. The smallest absolute Gasteiger partial charge is 0.251 e. The van der Waals surface area contributed by atoms with Gasteiger partial charge in [0.2, 0.25) is 0 Å². The second-order valence-electron chi connectivity index (χ2n) is 4.62. The molecule has 0 saturated carbocycles. The minimum Gasteiger partial charge on any atom is -0.393 e. The fourth-order valence-electron chi connectivity index (χ4n) is 1.64. The van der Waals surface area contributed by atoms with Gasteiger partial charge >= 0.3 is 0 Å². The van der Waals surface area contributed by atoms with Crippen molar-refractivity contribution in [3.8, 4) is 0 Å². The molecule has 0 spiro atoms. The molecular formula is C14H21N3OS. The standard InChI is InChI=1S/C14H21N3OS/c1-17(2)12-8-6-11(7-9-12)14(18)16-10-4-3-5-13(15)19/h6-9H,3-5,10H2,1-2H3,(H2,15,19)(H,16,18). The van der Waals surface area contributed by atoms with Gasteiger partial charge in [0, 0.05) is 31.9 Å². The molecule has 5 heteroatoms. The summed E-state index contributed by atoms with van der Waals surface area (Å²) in [5.41, 5.74) is 7.16. The van der Waals surface area contributed by atoms with Crippen LogP contribution in [0.15, 0.2) is 24.3 Å². The molecule has 0 heterocycles. The molecule has 4 nitrogen and oxygen atoms in total. The number of amides is 1. The van der Waals surface area contributed by atoms with Gasteiger partial charge in [-0.1, -0.05) is 12.2 Å². The second-order valence-corrected chi connectivity index (χ2v) is 5.14. The van der Waals surface area contributed by atoms with E-state index in [1.807, 2.05) is 43.3 Å². The summed E-state index contributed by atoms with van der Waals surface area (Å²) in [7, 11) is 3.94. The Hall–Kier alpha value is -1.62. The van der Waals surface area contributed by atoms with Crippen LogP contribution in [0.3, 0.4) is 0 Å². The molecule has 1 rings (SSSR count). The van der Waals surface area contributed by atoms with E-state index in [0.29, 0.717) is 17.1 Å². The number of rotatable bonds is 7. The highest BCUT2D eigenvalue weighted by Gasteiger charge is 2.04. The summed E-state index contributed by atoms with van der Waals surface area (Å²) < 4.78 is 0. The first-order chi connectivity index (χ1) is 9.00. The average molecular weight is 279 g/mol. The number of carbonyl (C=O) groups excluding carboxylic acids is 1. The van der Waals surface area contributed by atoms with Crippen molar-refractivity contribution in [3.63, 3.8) is 0 Å². The number of hydrogen-bond donors (Lipinski definition) is 2. The molecule has 3 N–H and O–H groups in total. The summed E-state index contributed by atoms with van der Waals surface area (Å²) in [5, 5.41) is 2.88. The number of unbranched alkanes of at least 4 members (excludes halogenated alkanes) is 1. The van der Waals surface area contributed by atoms with Gasteiger partial charge in [-0.25, -0.2) is 0 Å². The molecule has 0 atom stereocenters. The Labute approximate surface area is 120 Å². The lowest BCUT2D eigenvalue weighted by atomic mass is 10.2. The van der Waals surface area contributed by atoms with Crippen LogP contribution in [0.25, 0.3) is 0 Å². The van der Waals surface area contributed by atoms with Crippen LogP contribution >= 0.6 is 12.2 Å². The zero-order chi connectivity index (χ0) is 14.3. The predicted octanol–water partition coefficient (Wildman–Crippen LogP) is 1.94. The second kappa shape index (κ2) is 7.74. The first-order valence-corrected chi connectivity index (χ1v) is 6.75. The van der Waals surface area contributed by atoms with Crippen LogP contribution in [0.5, 0.6) is 0 Å². The number of nitrogens with zero attached hydrogens (tertiary/aromatic N) is 1. The van der Waals surface area contributed by atoms with Crippen molar-refractivity contribution in [1.82, 2.24) is 5.32 Å². The molecule has 0 aliphatic carbocycles. The molecular weight excluding hydrogens is 258 g/mol. The van der Waals surface area contributed by atoms with Crippen LogP contribution in [0, 0.1) is 0 Å². The Morgan fingerprint density at radius 1 is 1.26 bits per heavy atom. The van der Waals surface area contributed by atoms with E-state index in [1.165, 1.54) is 0 Å². The maximum atomic E-state index is 11.8. The van der Waals surface area contributed by atoms with E-state index < -0.39 is 0 Å². The summed E-state index contributed by atoms with van der Waals surface area (Å²) in [6.45, 7) is 0.650. The summed E-state index contributed by atoms with van der Waals surface area (Å²) in [5.74, 6) is -0.0411. The molecule has 1 aromatic rings. The first-order valence-electron chi connectivity index (χ1n) is 6.34. The topological polar surface area (TPSA) is 58.4 Å². The molecule has 19 heavy (non-hydrogen) atoms. The van der Waals surface area contributed by atoms with Gasteiger partial charge in [0.15, 0.2) is 0 Å². The number of hydrogen-bond acceptors (Lipinski definition) is 3. The zero-order valence-electron chi connectivity index (χ0n) is 11.5. The van der Waals surface area contributed by atoms with Gasteiger partial charge in [0.25, 0.3) is 5.91 Å².